The molecule has 0 saturated heterocycles. The van der Waals surface area contributed by atoms with Crippen LogP contribution in [0.4, 0.5) is 5.69 Å². The van der Waals surface area contributed by atoms with Crippen LogP contribution in [0, 0.1) is 12.3 Å². The molecule has 0 fully saturated rings. The lowest BCUT2D eigenvalue weighted by atomic mass is 9.92. The van der Waals surface area contributed by atoms with Crippen molar-refractivity contribution in [3.05, 3.63) is 31.2 Å². The van der Waals surface area contributed by atoms with E-state index in [1.54, 1.807) is 7.11 Å². The highest BCUT2D eigenvalue weighted by molar-refractivity contribution is 5.91. The lowest BCUT2D eigenvalue weighted by Gasteiger charge is -2.17. The van der Waals surface area contributed by atoms with Crippen molar-refractivity contribution < 1.29 is 9.53 Å². The van der Waals surface area contributed by atoms with Crippen molar-refractivity contribution in [2.75, 3.05) is 12.4 Å². The summed E-state index contributed by atoms with van der Waals surface area (Å²) in [5.41, 5.74) is 0.534. The van der Waals surface area contributed by atoms with Crippen LogP contribution in [0.1, 0.15) is 20.3 Å². The summed E-state index contributed by atoms with van der Waals surface area (Å²) in [6.45, 7) is 7.76. The molecule has 1 radical (unpaired) electrons. The van der Waals surface area contributed by atoms with Gasteiger partial charge in [-0.15, -0.1) is 0 Å². The number of carbonyl (C=O) groups excluding carboxylic acids is 1. The van der Waals surface area contributed by atoms with Crippen molar-refractivity contribution in [3.8, 4) is 5.75 Å². The number of hydrogen-bond acceptors (Lipinski definition) is 2. The van der Waals surface area contributed by atoms with Crippen molar-refractivity contribution in [3.63, 3.8) is 0 Å². The number of hydrogen-bond donors (Lipinski definition) is 1. The largest absolute Gasteiger partial charge is 0.497 e. The Morgan fingerprint density at radius 1 is 1.38 bits per heavy atom. The summed E-state index contributed by atoms with van der Waals surface area (Å²) < 4.78 is 5.03. The number of methoxy groups -OCH3 is 1. The van der Waals surface area contributed by atoms with Crippen molar-refractivity contribution in [1.82, 2.24) is 0 Å². The molecule has 3 heteroatoms. The normalized spacial score (nSPS) is 11.0. The summed E-state index contributed by atoms with van der Waals surface area (Å²) >= 11 is 0. The fraction of sp³-hybridized carbons (Fsp3) is 0.385. The molecule has 16 heavy (non-hydrogen) atoms. The van der Waals surface area contributed by atoms with Gasteiger partial charge in [0.2, 0.25) is 5.91 Å². The number of benzene rings is 1. The Bertz CT molecular complexity index is 349. The van der Waals surface area contributed by atoms with Crippen LogP contribution < -0.4 is 10.1 Å². The fourth-order valence-corrected chi connectivity index (χ4v) is 1.31. The summed E-state index contributed by atoms with van der Waals surface area (Å²) in [4.78, 5) is 11.6. The predicted octanol–water partition coefficient (Wildman–Crippen LogP) is 2.88. The van der Waals surface area contributed by atoms with Crippen LogP contribution in [-0.2, 0) is 4.79 Å². The molecule has 0 unspecified atom stereocenters. The maximum absolute atomic E-state index is 11.6. The molecule has 1 aromatic rings. The van der Waals surface area contributed by atoms with Gasteiger partial charge in [0.05, 0.1) is 7.11 Å². The molecule has 0 aromatic heterocycles. The fourth-order valence-electron chi connectivity index (χ4n) is 1.31. The highest BCUT2D eigenvalue weighted by atomic mass is 16.5. The second-order valence-corrected chi connectivity index (χ2v) is 4.62. The summed E-state index contributed by atoms with van der Waals surface area (Å²) in [6, 6.07) is 7.25. The highest BCUT2D eigenvalue weighted by Crippen LogP contribution is 2.20. The summed E-state index contributed by atoms with van der Waals surface area (Å²) in [5.74, 6) is 0.751. The molecule has 0 aliphatic carbocycles. The number of nitrogens with one attached hydrogen (secondary N) is 1. The Morgan fingerprint density at radius 3 is 2.38 bits per heavy atom. The second-order valence-electron chi connectivity index (χ2n) is 4.62. The second kappa shape index (κ2) is 5.01. The van der Waals surface area contributed by atoms with Crippen LogP contribution in [0.2, 0.25) is 0 Å². The number of amides is 1. The molecular weight excluding hydrogens is 202 g/mol. The molecule has 0 spiro atoms. The Balaban J connectivity index is 2.56. The topological polar surface area (TPSA) is 38.3 Å². The Morgan fingerprint density at radius 2 is 1.94 bits per heavy atom. The number of rotatable bonds is 4. The molecule has 1 amide bonds. The van der Waals surface area contributed by atoms with Gasteiger partial charge in [-0.3, -0.25) is 4.79 Å². The van der Waals surface area contributed by atoms with Crippen molar-refractivity contribution in [2.24, 2.45) is 5.41 Å². The van der Waals surface area contributed by atoms with Crippen LogP contribution in [-0.4, -0.2) is 13.0 Å². The molecule has 1 aromatic carbocycles. The Kier molecular flexibility index (Phi) is 3.93. The zero-order valence-corrected chi connectivity index (χ0v) is 10.0. The van der Waals surface area contributed by atoms with Crippen LogP contribution in [0.15, 0.2) is 24.3 Å². The quantitative estimate of drug-likeness (QED) is 0.847. The minimum Gasteiger partial charge on any atom is -0.497 e. The van der Waals surface area contributed by atoms with Gasteiger partial charge in [-0.25, -0.2) is 0 Å². The smallest absolute Gasteiger partial charge is 0.224 e. The first-order chi connectivity index (χ1) is 7.40. The minimum absolute atomic E-state index is 0.0230. The molecule has 1 rings (SSSR count). The van der Waals surface area contributed by atoms with Gasteiger partial charge in [-0.2, -0.15) is 0 Å². The van der Waals surface area contributed by atoms with E-state index in [-0.39, 0.29) is 11.3 Å². The van der Waals surface area contributed by atoms with E-state index in [0.717, 1.165) is 11.4 Å². The van der Waals surface area contributed by atoms with Crippen LogP contribution in [0.25, 0.3) is 0 Å². The maximum atomic E-state index is 11.6. The number of anilines is 1. The third-order valence-electron chi connectivity index (χ3n) is 2.01. The van der Waals surface area contributed by atoms with E-state index in [1.807, 2.05) is 38.1 Å². The van der Waals surface area contributed by atoms with Gasteiger partial charge in [0.1, 0.15) is 5.75 Å². The predicted molar refractivity (Wildman–Crippen MR) is 65.4 cm³/mol. The van der Waals surface area contributed by atoms with Gasteiger partial charge in [-0.05, 0) is 36.6 Å². The zero-order chi connectivity index (χ0) is 12.2. The van der Waals surface area contributed by atoms with E-state index in [0.29, 0.717) is 6.42 Å². The van der Waals surface area contributed by atoms with E-state index < -0.39 is 0 Å². The van der Waals surface area contributed by atoms with Crippen LogP contribution in [0.5, 0.6) is 5.75 Å². The zero-order valence-electron chi connectivity index (χ0n) is 10.0. The van der Waals surface area contributed by atoms with Gasteiger partial charge in [0.15, 0.2) is 0 Å². The molecule has 3 nitrogen and oxygen atoms in total. The Labute approximate surface area is 96.8 Å². The molecule has 0 aliphatic rings. The molecule has 0 saturated carbocycles. The van der Waals surface area contributed by atoms with Gasteiger partial charge >= 0.3 is 0 Å². The van der Waals surface area contributed by atoms with Crippen LogP contribution >= 0.6 is 0 Å². The molecular formula is C13H18NO2. The number of carbonyl (C=O) groups is 1. The van der Waals surface area contributed by atoms with Gasteiger partial charge in [0, 0.05) is 12.1 Å². The van der Waals surface area contributed by atoms with Crippen molar-refractivity contribution >= 4 is 11.6 Å². The van der Waals surface area contributed by atoms with Gasteiger partial charge in [0.25, 0.3) is 0 Å². The van der Waals surface area contributed by atoms with E-state index in [9.17, 15) is 4.79 Å². The SMILES string of the molecule is [CH2]C(C)(C)CC(=O)Nc1ccc(OC)cc1. The average Bonchev–Trinajstić information content (AvgIpc) is 2.16. The summed E-state index contributed by atoms with van der Waals surface area (Å²) in [5, 5.41) is 2.82. The van der Waals surface area contributed by atoms with Crippen molar-refractivity contribution in [1.29, 1.82) is 0 Å². The molecule has 1 N–H and O–H groups in total. The molecule has 0 heterocycles. The van der Waals surface area contributed by atoms with E-state index in [1.165, 1.54) is 0 Å². The first kappa shape index (κ1) is 12.6. The van der Waals surface area contributed by atoms with E-state index in [2.05, 4.69) is 12.2 Å². The summed E-state index contributed by atoms with van der Waals surface area (Å²) in [7, 11) is 1.61. The van der Waals surface area contributed by atoms with E-state index >= 15 is 0 Å². The third kappa shape index (κ3) is 4.34. The first-order valence-corrected chi connectivity index (χ1v) is 5.20. The lowest BCUT2D eigenvalue weighted by molar-refractivity contribution is -0.117. The monoisotopic (exact) mass is 220 g/mol. The molecule has 87 valence electrons. The maximum Gasteiger partial charge on any atom is 0.224 e. The summed E-state index contributed by atoms with van der Waals surface area (Å²) in [6.07, 6.45) is 0.402. The van der Waals surface area contributed by atoms with Gasteiger partial charge in [-0.1, -0.05) is 13.8 Å². The lowest BCUT2D eigenvalue weighted by Crippen LogP contribution is -2.19. The standard InChI is InChI=1S/C13H18NO2/c1-13(2,3)9-12(15)14-10-5-7-11(16-4)8-6-10/h5-8H,1,9H2,2-4H3,(H,14,15). The van der Waals surface area contributed by atoms with Crippen molar-refractivity contribution in [2.45, 2.75) is 20.3 Å². The van der Waals surface area contributed by atoms with E-state index in [4.69, 9.17) is 4.74 Å². The third-order valence-corrected chi connectivity index (χ3v) is 2.01. The molecule has 0 aliphatic heterocycles. The minimum atomic E-state index is -0.240. The Hall–Kier alpha value is -1.51. The molecule has 0 bridgehead atoms. The first-order valence-electron chi connectivity index (χ1n) is 5.20. The highest BCUT2D eigenvalue weighted by Gasteiger charge is 2.15. The van der Waals surface area contributed by atoms with Gasteiger partial charge < -0.3 is 10.1 Å². The average molecular weight is 220 g/mol. The number of ether oxygens (including phenoxy) is 1. The molecule has 0 atom stereocenters. The van der Waals surface area contributed by atoms with Crippen LogP contribution in [0.3, 0.4) is 0 Å².